The second kappa shape index (κ2) is 8.45. The SMILES string of the molecule is CCn1cc(Cn2ccn(-c3nc(N4CCO[C@H](C)C4)cc(C(F)(F)F)c3C)c2=O)cn1. The van der Waals surface area contributed by atoms with Crippen LogP contribution in [0.15, 0.2) is 35.6 Å². The van der Waals surface area contributed by atoms with E-state index in [-0.39, 0.29) is 29.8 Å². The number of hydrogen-bond donors (Lipinski definition) is 0. The van der Waals surface area contributed by atoms with Crippen LogP contribution in [0.5, 0.6) is 0 Å². The lowest BCUT2D eigenvalue weighted by molar-refractivity contribution is -0.138. The van der Waals surface area contributed by atoms with Crippen molar-refractivity contribution in [1.29, 1.82) is 0 Å². The average molecular weight is 450 g/mol. The maximum Gasteiger partial charge on any atom is 0.416 e. The van der Waals surface area contributed by atoms with Crippen LogP contribution in [0.1, 0.15) is 30.5 Å². The van der Waals surface area contributed by atoms with Crippen LogP contribution in [0.3, 0.4) is 0 Å². The fraction of sp³-hybridized carbons (Fsp3) is 0.476. The van der Waals surface area contributed by atoms with Gasteiger partial charge < -0.3 is 9.64 Å². The van der Waals surface area contributed by atoms with Gasteiger partial charge in [-0.05, 0) is 26.8 Å². The van der Waals surface area contributed by atoms with E-state index in [1.807, 2.05) is 20.0 Å². The van der Waals surface area contributed by atoms with Gasteiger partial charge in [-0.15, -0.1) is 0 Å². The highest BCUT2D eigenvalue weighted by Gasteiger charge is 2.35. The number of aromatic nitrogens is 5. The Kier molecular flexibility index (Phi) is 5.85. The molecule has 32 heavy (non-hydrogen) atoms. The van der Waals surface area contributed by atoms with Gasteiger partial charge in [0.25, 0.3) is 0 Å². The molecule has 0 amide bonds. The number of ether oxygens (including phenoxy) is 1. The Morgan fingerprint density at radius 1 is 1.28 bits per heavy atom. The zero-order chi connectivity index (χ0) is 23.0. The van der Waals surface area contributed by atoms with E-state index in [0.29, 0.717) is 26.2 Å². The number of halogens is 3. The molecule has 0 N–H and O–H groups in total. The highest BCUT2D eigenvalue weighted by atomic mass is 19.4. The van der Waals surface area contributed by atoms with Crippen molar-refractivity contribution in [2.45, 2.75) is 46.1 Å². The number of hydrogen-bond acceptors (Lipinski definition) is 5. The molecule has 0 unspecified atom stereocenters. The van der Waals surface area contributed by atoms with Crippen molar-refractivity contribution in [3.8, 4) is 5.82 Å². The Balaban J connectivity index is 1.76. The minimum absolute atomic E-state index is 0.0260. The molecule has 4 rings (SSSR count). The van der Waals surface area contributed by atoms with Gasteiger partial charge in [0.05, 0.1) is 31.0 Å². The first-order chi connectivity index (χ1) is 15.2. The lowest BCUT2D eigenvalue weighted by atomic mass is 10.1. The minimum atomic E-state index is -4.57. The van der Waals surface area contributed by atoms with Gasteiger partial charge in [-0.1, -0.05) is 0 Å². The Bertz CT molecular complexity index is 1160. The first kappa shape index (κ1) is 22.1. The Labute approximate surface area is 182 Å². The van der Waals surface area contributed by atoms with Crippen molar-refractivity contribution < 1.29 is 17.9 Å². The maximum absolute atomic E-state index is 13.8. The van der Waals surface area contributed by atoms with Crippen LogP contribution in [-0.2, 0) is 24.0 Å². The predicted molar refractivity (Wildman–Crippen MR) is 112 cm³/mol. The lowest BCUT2D eigenvalue weighted by Crippen LogP contribution is -2.42. The van der Waals surface area contributed by atoms with E-state index in [1.54, 1.807) is 22.0 Å². The van der Waals surface area contributed by atoms with E-state index in [2.05, 4.69) is 10.1 Å². The number of anilines is 1. The van der Waals surface area contributed by atoms with E-state index in [1.165, 1.54) is 22.3 Å². The largest absolute Gasteiger partial charge is 0.416 e. The molecule has 4 heterocycles. The topological polar surface area (TPSA) is 70.1 Å². The van der Waals surface area contributed by atoms with Gasteiger partial charge in [0.2, 0.25) is 0 Å². The van der Waals surface area contributed by atoms with Crippen LogP contribution in [0.2, 0.25) is 0 Å². The summed E-state index contributed by atoms with van der Waals surface area (Å²) in [5.74, 6) is 0.152. The smallest absolute Gasteiger partial charge is 0.375 e. The van der Waals surface area contributed by atoms with Crippen LogP contribution in [-0.4, -0.2) is 49.7 Å². The Morgan fingerprint density at radius 3 is 2.72 bits per heavy atom. The number of morpholine rings is 1. The first-order valence-electron chi connectivity index (χ1n) is 10.4. The zero-order valence-corrected chi connectivity index (χ0v) is 18.1. The van der Waals surface area contributed by atoms with Gasteiger partial charge in [0, 0.05) is 49.4 Å². The second-order valence-corrected chi connectivity index (χ2v) is 7.88. The van der Waals surface area contributed by atoms with Crippen LogP contribution in [0, 0.1) is 6.92 Å². The minimum Gasteiger partial charge on any atom is -0.375 e. The molecule has 1 fully saturated rings. The molecule has 0 spiro atoms. The van der Waals surface area contributed by atoms with E-state index >= 15 is 0 Å². The highest BCUT2D eigenvalue weighted by molar-refractivity contribution is 5.52. The summed E-state index contributed by atoms with van der Waals surface area (Å²) in [4.78, 5) is 19.3. The highest BCUT2D eigenvalue weighted by Crippen LogP contribution is 2.36. The van der Waals surface area contributed by atoms with E-state index in [0.717, 1.165) is 11.6 Å². The predicted octanol–water partition coefficient (Wildman–Crippen LogP) is 2.85. The van der Waals surface area contributed by atoms with Gasteiger partial charge in [-0.2, -0.15) is 18.3 Å². The molecule has 0 aliphatic carbocycles. The van der Waals surface area contributed by atoms with Crippen LogP contribution < -0.4 is 10.6 Å². The van der Waals surface area contributed by atoms with Crippen molar-refractivity contribution in [2.75, 3.05) is 24.6 Å². The van der Waals surface area contributed by atoms with Gasteiger partial charge in [-0.25, -0.2) is 9.78 Å². The van der Waals surface area contributed by atoms with Crippen LogP contribution in [0.4, 0.5) is 19.0 Å². The third-order valence-corrected chi connectivity index (χ3v) is 5.54. The molecule has 0 saturated carbocycles. The van der Waals surface area contributed by atoms with E-state index < -0.39 is 17.4 Å². The lowest BCUT2D eigenvalue weighted by Gasteiger charge is -2.32. The van der Waals surface area contributed by atoms with Gasteiger partial charge in [-0.3, -0.25) is 13.8 Å². The van der Waals surface area contributed by atoms with Crippen molar-refractivity contribution in [1.82, 2.24) is 23.9 Å². The molecule has 3 aromatic rings. The quantitative estimate of drug-likeness (QED) is 0.598. The number of aryl methyl sites for hydroxylation is 1. The van der Waals surface area contributed by atoms with Crippen molar-refractivity contribution in [3.63, 3.8) is 0 Å². The van der Waals surface area contributed by atoms with Crippen molar-refractivity contribution in [3.05, 3.63) is 58.0 Å². The molecular weight excluding hydrogens is 425 g/mol. The molecule has 3 aromatic heterocycles. The second-order valence-electron chi connectivity index (χ2n) is 7.88. The summed E-state index contributed by atoms with van der Waals surface area (Å²) in [6.07, 6.45) is 1.79. The molecule has 0 bridgehead atoms. The van der Waals surface area contributed by atoms with E-state index in [4.69, 9.17) is 4.74 Å². The molecule has 1 aliphatic heterocycles. The zero-order valence-electron chi connectivity index (χ0n) is 18.1. The molecule has 1 aliphatic rings. The summed E-state index contributed by atoms with van der Waals surface area (Å²) >= 11 is 0. The third-order valence-electron chi connectivity index (χ3n) is 5.54. The number of rotatable bonds is 5. The maximum atomic E-state index is 13.8. The summed E-state index contributed by atoms with van der Waals surface area (Å²) in [7, 11) is 0. The van der Waals surface area contributed by atoms with Gasteiger partial charge >= 0.3 is 11.9 Å². The number of alkyl halides is 3. The monoisotopic (exact) mass is 450 g/mol. The van der Waals surface area contributed by atoms with E-state index in [9.17, 15) is 18.0 Å². The number of imidazole rings is 1. The Morgan fingerprint density at radius 2 is 2.06 bits per heavy atom. The van der Waals surface area contributed by atoms with Crippen molar-refractivity contribution >= 4 is 5.82 Å². The Hall–Kier alpha value is -3.08. The summed E-state index contributed by atoms with van der Waals surface area (Å²) in [6, 6.07) is 1.05. The third kappa shape index (κ3) is 4.29. The van der Waals surface area contributed by atoms with Gasteiger partial charge in [0.15, 0.2) is 0 Å². The average Bonchev–Trinajstić information content (AvgIpc) is 3.34. The summed E-state index contributed by atoms with van der Waals surface area (Å²) in [5, 5.41) is 4.19. The molecule has 1 saturated heterocycles. The molecule has 11 heteroatoms. The number of nitrogens with zero attached hydrogens (tertiary/aromatic N) is 6. The molecule has 8 nitrogen and oxygen atoms in total. The molecule has 172 valence electrons. The fourth-order valence-corrected chi connectivity index (χ4v) is 3.85. The summed E-state index contributed by atoms with van der Waals surface area (Å²) in [6.45, 7) is 7.36. The molecule has 0 radical (unpaired) electrons. The standard InChI is InChI=1S/C21H25F3N6O2/c1-4-29-13-16(10-25-29)12-28-5-6-30(20(28)31)19-15(3)17(21(22,23)24)9-18(26-19)27-7-8-32-14(2)11-27/h5-6,9-10,13-14H,4,7-8,11-12H2,1-3H3/t14-/m1/s1. The molecule has 1 atom stereocenters. The molecular formula is C21H25F3N6O2. The van der Waals surface area contributed by atoms with Crippen LogP contribution >= 0.6 is 0 Å². The summed E-state index contributed by atoms with van der Waals surface area (Å²) in [5.41, 5.74) is -0.546. The van der Waals surface area contributed by atoms with Crippen LogP contribution in [0.25, 0.3) is 5.82 Å². The first-order valence-corrected chi connectivity index (χ1v) is 10.4. The number of pyridine rings is 1. The van der Waals surface area contributed by atoms with Gasteiger partial charge in [0.1, 0.15) is 11.6 Å². The van der Waals surface area contributed by atoms with Crippen molar-refractivity contribution in [2.24, 2.45) is 0 Å². The fourth-order valence-electron chi connectivity index (χ4n) is 3.85. The molecule has 0 aromatic carbocycles. The summed E-state index contributed by atoms with van der Waals surface area (Å²) < 4.78 is 51.3. The normalized spacial score (nSPS) is 17.2.